The Morgan fingerprint density at radius 3 is 2.75 bits per heavy atom. The molecule has 0 radical (unpaired) electrons. The minimum Gasteiger partial charge on any atom is -0.481 e. The summed E-state index contributed by atoms with van der Waals surface area (Å²) in [5.41, 5.74) is 0.838. The highest BCUT2D eigenvalue weighted by Crippen LogP contribution is 2.12. The topological polar surface area (TPSA) is 44.2 Å². The van der Waals surface area contributed by atoms with Crippen molar-refractivity contribution in [3.8, 4) is 11.9 Å². The van der Waals surface area contributed by atoms with Crippen molar-refractivity contribution in [2.75, 3.05) is 13.7 Å². The first kappa shape index (κ1) is 8.77. The predicted octanol–water partition coefficient (Wildman–Crippen LogP) is 1.19. The molecule has 0 unspecified atom stereocenters. The molecule has 0 fully saturated rings. The minimum atomic E-state index is 0.370. The van der Waals surface area contributed by atoms with Gasteiger partial charge in [0.1, 0.15) is 0 Å². The SMILES string of the molecule is CCOc1nc(C)cc(OC)n1. The molecule has 0 saturated heterocycles. The van der Waals surface area contributed by atoms with Crippen molar-refractivity contribution < 1.29 is 9.47 Å². The Bertz CT molecular complexity index is 263. The van der Waals surface area contributed by atoms with Crippen molar-refractivity contribution in [3.05, 3.63) is 11.8 Å². The molecule has 4 heteroatoms. The molecule has 66 valence electrons. The number of nitrogens with zero attached hydrogens (tertiary/aromatic N) is 2. The van der Waals surface area contributed by atoms with E-state index in [0.29, 0.717) is 18.5 Å². The van der Waals surface area contributed by atoms with Crippen LogP contribution in [0.2, 0.25) is 0 Å². The van der Waals surface area contributed by atoms with E-state index >= 15 is 0 Å². The van der Waals surface area contributed by atoms with Gasteiger partial charge in [0.05, 0.1) is 13.7 Å². The molecule has 0 saturated carbocycles. The van der Waals surface area contributed by atoms with E-state index in [0.717, 1.165) is 5.69 Å². The molecule has 0 atom stereocenters. The largest absolute Gasteiger partial charge is 0.481 e. The minimum absolute atomic E-state index is 0.370. The van der Waals surface area contributed by atoms with Gasteiger partial charge in [-0.3, -0.25) is 0 Å². The lowest BCUT2D eigenvalue weighted by Crippen LogP contribution is -2.00. The van der Waals surface area contributed by atoms with Gasteiger partial charge in [-0.2, -0.15) is 4.98 Å². The Morgan fingerprint density at radius 2 is 2.17 bits per heavy atom. The van der Waals surface area contributed by atoms with Gasteiger partial charge in [-0.1, -0.05) is 0 Å². The number of hydrogen-bond donors (Lipinski definition) is 0. The molecule has 4 nitrogen and oxygen atoms in total. The maximum atomic E-state index is 5.13. The van der Waals surface area contributed by atoms with Crippen LogP contribution in [0.1, 0.15) is 12.6 Å². The summed E-state index contributed by atoms with van der Waals surface area (Å²) in [4.78, 5) is 8.04. The van der Waals surface area contributed by atoms with Gasteiger partial charge in [0.2, 0.25) is 5.88 Å². The maximum absolute atomic E-state index is 5.13. The molecule has 1 heterocycles. The molecule has 1 rings (SSSR count). The Morgan fingerprint density at radius 1 is 1.42 bits per heavy atom. The number of aromatic nitrogens is 2. The third kappa shape index (κ3) is 2.08. The lowest BCUT2D eigenvalue weighted by molar-refractivity contribution is 0.301. The molecule has 0 spiro atoms. The summed E-state index contributed by atoms with van der Waals surface area (Å²) in [6.07, 6.45) is 0. The Labute approximate surface area is 71.6 Å². The van der Waals surface area contributed by atoms with E-state index in [1.54, 1.807) is 13.2 Å². The highest BCUT2D eigenvalue weighted by Gasteiger charge is 2.01. The molecule has 0 aliphatic carbocycles. The van der Waals surface area contributed by atoms with Gasteiger partial charge in [0, 0.05) is 11.8 Å². The smallest absolute Gasteiger partial charge is 0.319 e. The molecule has 12 heavy (non-hydrogen) atoms. The standard InChI is InChI=1S/C8H12N2O2/c1-4-12-8-9-6(2)5-7(10-8)11-3/h5H,4H2,1-3H3. The Balaban J connectivity index is 2.90. The lowest BCUT2D eigenvalue weighted by Gasteiger charge is -2.03. The van der Waals surface area contributed by atoms with Crippen LogP contribution < -0.4 is 9.47 Å². The number of ether oxygens (including phenoxy) is 2. The third-order valence-electron chi connectivity index (χ3n) is 1.29. The van der Waals surface area contributed by atoms with Crippen LogP contribution in [0.3, 0.4) is 0 Å². The van der Waals surface area contributed by atoms with Crippen molar-refractivity contribution in [1.82, 2.24) is 9.97 Å². The summed E-state index contributed by atoms with van der Waals surface area (Å²) >= 11 is 0. The summed E-state index contributed by atoms with van der Waals surface area (Å²) in [6, 6.07) is 2.12. The molecule has 1 aromatic rings. The second-order valence-corrected chi connectivity index (χ2v) is 2.27. The second kappa shape index (κ2) is 3.90. The first-order chi connectivity index (χ1) is 5.76. The van der Waals surface area contributed by atoms with E-state index in [9.17, 15) is 0 Å². The molecule has 0 bridgehead atoms. The van der Waals surface area contributed by atoms with Gasteiger partial charge < -0.3 is 9.47 Å². The van der Waals surface area contributed by atoms with Gasteiger partial charge in [-0.05, 0) is 13.8 Å². The van der Waals surface area contributed by atoms with Crippen molar-refractivity contribution in [2.45, 2.75) is 13.8 Å². The van der Waals surface area contributed by atoms with Crippen LogP contribution in [-0.4, -0.2) is 23.7 Å². The van der Waals surface area contributed by atoms with Gasteiger partial charge in [-0.25, -0.2) is 4.98 Å². The zero-order valence-corrected chi connectivity index (χ0v) is 7.50. The first-order valence-electron chi connectivity index (χ1n) is 3.78. The van der Waals surface area contributed by atoms with Crippen molar-refractivity contribution in [2.24, 2.45) is 0 Å². The maximum Gasteiger partial charge on any atom is 0.319 e. The second-order valence-electron chi connectivity index (χ2n) is 2.27. The Hall–Kier alpha value is -1.32. The Kier molecular flexibility index (Phi) is 2.85. The molecular weight excluding hydrogens is 156 g/mol. The summed E-state index contributed by atoms with van der Waals surface area (Å²) in [6.45, 7) is 4.32. The first-order valence-corrected chi connectivity index (χ1v) is 3.78. The normalized spacial score (nSPS) is 9.58. The number of hydrogen-bond acceptors (Lipinski definition) is 4. The average Bonchev–Trinajstić information content (AvgIpc) is 2.04. The van der Waals surface area contributed by atoms with Gasteiger partial charge in [0.15, 0.2) is 0 Å². The monoisotopic (exact) mass is 168 g/mol. The fraction of sp³-hybridized carbons (Fsp3) is 0.500. The zero-order valence-electron chi connectivity index (χ0n) is 7.50. The van der Waals surface area contributed by atoms with Crippen LogP contribution in [0.4, 0.5) is 0 Å². The zero-order chi connectivity index (χ0) is 8.97. The van der Waals surface area contributed by atoms with Gasteiger partial charge in [-0.15, -0.1) is 0 Å². The van der Waals surface area contributed by atoms with Crippen LogP contribution in [0.5, 0.6) is 11.9 Å². The highest BCUT2D eigenvalue weighted by atomic mass is 16.5. The summed E-state index contributed by atoms with van der Waals surface area (Å²) in [5.74, 6) is 0.533. The molecule has 0 N–H and O–H groups in total. The van der Waals surface area contributed by atoms with Crippen LogP contribution in [0.15, 0.2) is 6.07 Å². The quantitative estimate of drug-likeness (QED) is 0.680. The molecular formula is C8H12N2O2. The van der Waals surface area contributed by atoms with Crippen molar-refractivity contribution in [3.63, 3.8) is 0 Å². The molecule has 0 aliphatic rings. The van der Waals surface area contributed by atoms with E-state index in [2.05, 4.69) is 9.97 Å². The molecule has 0 aliphatic heterocycles. The highest BCUT2D eigenvalue weighted by molar-refractivity contribution is 5.17. The van der Waals surface area contributed by atoms with Crippen LogP contribution in [0, 0.1) is 6.92 Å². The van der Waals surface area contributed by atoms with E-state index in [-0.39, 0.29) is 0 Å². The van der Waals surface area contributed by atoms with E-state index in [1.165, 1.54) is 0 Å². The molecule has 0 amide bonds. The fourth-order valence-electron chi connectivity index (χ4n) is 0.812. The van der Waals surface area contributed by atoms with Gasteiger partial charge >= 0.3 is 6.01 Å². The van der Waals surface area contributed by atoms with E-state index in [1.807, 2.05) is 13.8 Å². The van der Waals surface area contributed by atoms with Crippen molar-refractivity contribution >= 4 is 0 Å². The predicted molar refractivity (Wildman–Crippen MR) is 44.5 cm³/mol. The molecule has 1 aromatic heterocycles. The summed E-state index contributed by atoms with van der Waals surface area (Å²) in [5, 5.41) is 0. The van der Waals surface area contributed by atoms with E-state index in [4.69, 9.17) is 9.47 Å². The summed E-state index contributed by atoms with van der Waals surface area (Å²) < 4.78 is 10.1. The average molecular weight is 168 g/mol. The van der Waals surface area contributed by atoms with E-state index < -0.39 is 0 Å². The van der Waals surface area contributed by atoms with Gasteiger partial charge in [0.25, 0.3) is 0 Å². The molecule has 0 aromatic carbocycles. The van der Waals surface area contributed by atoms with Crippen LogP contribution >= 0.6 is 0 Å². The van der Waals surface area contributed by atoms with Crippen LogP contribution in [-0.2, 0) is 0 Å². The fourth-order valence-corrected chi connectivity index (χ4v) is 0.812. The number of methoxy groups -OCH3 is 1. The number of rotatable bonds is 3. The van der Waals surface area contributed by atoms with Crippen LogP contribution in [0.25, 0.3) is 0 Å². The summed E-state index contributed by atoms with van der Waals surface area (Å²) in [7, 11) is 1.57. The lowest BCUT2D eigenvalue weighted by atomic mass is 10.4. The number of aryl methyl sites for hydroxylation is 1. The third-order valence-corrected chi connectivity index (χ3v) is 1.29. The van der Waals surface area contributed by atoms with Crippen molar-refractivity contribution in [1.29, 1.82) is 0 Å².